The van der Waals surface area contributed by atoms with E-state index in [9.17, 15) is 19.5 Å². The first-order chi connectivity index (χ1) is 12.0. The second-order valence-corrected chi connectivity index (χ2v) is 5.65. The van der Waals surface area contributed by atoms with Gasteiger partial charge in [0.05, 0.1) is 0 Å². The van der Waals surface area contributed by atoms with Crippen molar-refractivity contribution in [3.05, 3.63) is 65.7 Å². The van der Waals surface area contributed by atoms with Crippen LogP contribution < -0.4 is 10.6 Å². The number of hydrogen-bond acceptors (Lipinski definition) is 3. The summed E-state index contributed by atoms with van der Waals surface area (Å²) in [5.74, 6) is -1.82. The van der Waals surface area contributed by atoms with E-state index < -0.39 is 17.9 Å². The molecule has 0 heterocycles. The van der Waals surface area contributed by atoms with E-state index in [1.165, 1.54) is 13.0 Å². The molecule has 0 saturated carbocycles. The zero-order valence-corrected chi connectivity index (χ0v) is 13.9. The van der Waals surface area contributed by atoms with Crippen LogP contribution in [0.3, 0.4) is 0 Å². The molecule has 0 unspecified atom stereocenters. The SMILES string of the molecule is CC(=O)Nc1cccc(C(=O)N[C@@H](CCc2ccccc2)C(=O)O)c1. The number of carboxylic acid groups (broad SMARTS) is 1. The minimum Gasteiger partial charge on any atom is -0.480 e. The standard InChI is InChI=1S/C19H20N2O4/c1-13(22)20-16-9-5-8-15(12-16)18(23)21-17(19(24)25)11-10-14-6-3-2-4-7-14/h2-9,12,17H,10-11H2,1H3,(H,20,22)(H,21,23)(H,24,25)/t17-/m0/s1. The number of rotatable bonds is 7. The third-order valence-electron chi connectivity index (χ3n) is 3.61. The first-order valence-corrected chi connectivity index (χ1v) is 7.91. The Morgan fingerprint density at radius 1 is 1.04 bits per heavy atom. The van der Waals surface area contributed by atoms with Crippen LogP contribution in [0.1, 0.15) is 29.3 Å². The fraction of sp³-hybridized carbons (Fsp3) is 0.211. The number of aliphatic carboxylic acids is 1. The Morgan fingerprint density at radius 2 is 1.76 bits per heavy atom. The van der Waals surface area contributed by atoms with Crippen LogP contribution in [0.15, 0.2) is 54.6 Å². The van der Waals surface area contributed by atoms with Gasteiger partial charge in [0, 0.05) is 18.2 Å². The van der Waals surface area contributed by atoms with Crippen molar-refractivity contribution in [1.29, 1.82) is 0 Å². The average Bonchev–Trinajstić information content (AvgIpc) is 2.58. The third kappa shape index (κ3) is 5.76. The molecular weight excluding hydrogens is 320 g/mol. The summed E-state index contributed by atoms with van der Waals surface area (Å²) in [6.45, 7) is 1.37. The number of amides is 2. The topological polar surface area (TPSA) is 95.5 Å². The highest BCUT2D eigenvalue weighted by atomic mass is 16.4. The highest BCUT2D eigenvalue weighted by Gasteiger charge is 2.20. The fourth-order valence-electron chi connectivity index (χ4n) is 2.40. The largest absolute Gasteiger partial charge is 0.480 e. The summed E-state index contributed by atoms with van der Waals surface area (Å²) in [7, 11) is 0. The molecule has 3 N–H and O–H groups in total. The molecule has 1 atom stereocenters. The van der Waals surface area contributed by atoms with Crippen molar-refractivity contribution < 1.29 is 19.5 Å². The zero-order valence-electron chi connectivity index (χ0n) is 13.9. The fourth-order valence-corrected chi connectivity index (χ4v) is 2.40. The lowest BCUT2D eigenvalue weighted by Gasteiger charge is -2.15. The summed E-state index contributed by atoms with van der Waals surface area (Å²) in [6.07, 6.45) is 0.834. The molecule has 0 spiro atoms. The first kappa shape index (κ1) is 18.2. The molecule has 0 radical (unpaired) electrons. The van der Waals surface area contributed by atoms with Crippen molar-refractivity contribution in [2.45, 2.75) is 25.8 Å². The molecule has 2 rings (SSSR count). The van der Waals surface area contributed by atoms with E-state index in [4.69, 9.17) is 0 Å². The molecular formula is C19H20N2O4. The van der Waals surface area contributed by atoms with Crippen molar-refractivity contribution in [2.24, 2.45) is 0 Å². The van der Waals surface area contributed by atoms with Gasteiger partial charge in [-0.1, -0.05) is 36.4 Å². The van der Waals surface area contributed by atoms with Gasteiger partial charge in [-0.05, 0) is 36.6 Å². The number of hydrogen-bond donors (Lipinski definition) is 3. The highest BCUT2D eigenvalue weighted by Crippen LogP contribution is 2.12. The van der Waals surface area contributed by atoms with E-state index in [0.717, 1.165) is 5.56 Å². The molecule has 130 valence electrons. The molecule has 0 saturated heterocycles. The van der Waals surface area contributed by atoms with Gasteiger partial charge in [-0.3, -0.25) is 9.59 Å². The molecule has 0 aromatic heterocycles. The molecule has 0 bridgehead atoms. The van der Waals surface area contributed by atoms with E-state index in [1.54, 1.807) is 18.2 Å². The van der Waals surface area contributed by atoms with Gasteiger partial charge in [0.25, 0.3) is 5.91 Å². The van der Waals surface area contributed by atoms with E-state index >= 15 is 0 Å². The van der Waals surface area contributed by atoms with Gasteiger partial charge < -0.3 is 15.7 Å². The summed E-state index contributed by atoms with van der Waals surface area (Å²) in [6, 6.07) is 14.9. The highest BCUT2D eigenvalue weighted by molar-refractivity contribution is 5.98. The Balaban J connectivity index is 2.02. The van der Waals surface area contributed by atoms with Crippen LogP contribution >= 0.6 is 0 Å². The Kier molecular flexibility index (Phi) is 6.28. The van der Waals surface area contributed by atoms with Crippen molar-refractivity contribution in [1.82, 2.24) is 5.32 Å². The lowest BCUT2D eigenvalue weighted by Crippen LogP contribution is -2.41. The number of benzene rings is 2. The van der Waals surface area contributed by atoms with Gasteiger partial charge in [-0.25, -0.2) is 4.79 Å². The number of carbonyl (C=O) groups is 3. The molecule has 6 nitrogen and oxygen atoms in total. The molecule has 0 aliphatic heterocycles. The lowest BCUT2D eigenvalue weighted by atomic mass is 10.0. The number of nitrogens with one attached hydrogen (secondary N) is 2. The molecule has 2 aromatic rings. The molecule has 0 aliphatic rings. The molecule has 2 amide bonds. The van der Waals surface area contributed by atoms with Gasteiger partial charge >= 0.3 is 5.97 Å². The van der Waals surface area contributed by atoms with E-state index in [0.29, 0.717) is 12.1 Å². The van der Waals surface area contributed by atoms with Crippen LogP contribution in [-0.2, 0) is 16.0 Å². The zero-order chi connectivity index (χ0) is 18.2. The van der Waals surface area contributed by atoms with Crippen LogP contribution in [0, 0.1) is 0 Å². The predicted molar refractivity (Wildman–Crippen MR) is 94.4 cm³/mol. The minimum absolute atomic E-state index is 0.246. The maximum atomic E-state index is 12.3. The van der Waals surface area contributed by atoms with E-state index in [2.05, 4.69) is 10.6 Å². The molecule has 0 aliphatic carbocycles. The van der Waals surface area contributed by atoms with E-state index in [-0.39, 0.29) is 17.9 Å². The maximum Gasteiger partial charge on any atom is 0.326 e. The Labute approximate surface area is 145 Å². The van der Waals surface area contributed by atoms with Gasteiger partial charge in [-0.2, -0.15) is 0 Å². The van der Waals surface area contributed by atoms with Crippen molar-refractivity contribution in [2.75, 3.05) is 5.32 Å². The second-order valence-electron chi connectivity index (χ2n) is 5.65. The monoisotopic (exact) mass is 340 g/mol. The molecule has 0 fully saturated rings. The van der Waals surface area contributed by atoms with Crippen molar-refractivity contribution in [3.8, 4) is 0 Å². The van der Waals surface area contributed by atoms with Crippen LogP contribution in [0.4, 0.5) is 5.69 Å². The van der Waals surface area contributed by atoms with Gasteiger partial charge in [0.1, 0.15) is 6.04 Å². The second kappa shape index (κ2) is 8.63. The quantitative estimate of drug-likeness (QED) is 0.721. The number of carboxylic acids is 1. The predicted octanol–water partition coefficient (Wildman–Crippen LogP) is 2.46. The summed E-state index contributed by atoms with van der Waals surface area (Å²) in [4.78, 5) is 34.8. The Hall–Kier alpha value is -3.15. The van der Waals surface area contributed by atoms with Gasteiger partial charge in [0.2, 0.25) is 5.91 Å². The summed E-state index contributed by atoms with van der Waals surface area (Å²) < 4.78 is 0. The Bertz CT molecular complexity index is 759. The number of anilines is 1. The third-order valence-corrected chi connectivity index (χ3v) is 3.61. The van der Waals surface area contributed by atoms with Crippen molar-refractivity contribution >= 4 is 23.5 Å². The Morgan fingerprint density at radius 3 is 2.40 bits per heavy atom. The smallest absolute Gasteiger partial charge is 0.326 e. The van der Waals surface area contributed by atoms with Crippen LogP contribution in [0.5, 0.6) is 0 Å². The van der Waals surface area contributed by atoms with Gasteiger partial charge in [0.15, 0.2) is 0 Å². The van der Waals surface area contributed by atoms with Crippen LogP contribution in [0.2, 0.25) is 0 Å². The van der Waals surface area contributed by atoms with Crippen LogP contribution in [-0.4, -0.2) is 28.9 Å². The summed E-state index contributed by atoms with van der Waals surface area (Å²) >= 11 is 0. The van der Waals surface area contributed by atoms with Gasteiger partial charge in [-0.15, -0.1) is 0 Å². The average molecular weight is 340 g/mol. The first-order valence-electron chi connectivity index (χ1n) is 7.91. The summed E-state index contributed by atoms with van der Waals surface area (Å²) in [5, 5.41) is 14.5. The summed E-state index contributed by atoms with van der Waals surface area (Å²) in [5.41, 5.74) is 1.78. The van der Waals surface area contributed by atoms with Crippen molar-refractivity contribution in [3.63, 3.8) is 0 Å². The number of aryl methyl sites for hydroxylation is 1. The maximum absolute atomic E-state index is 12.3. The molecule has 25 heavy (non-hydrogen) atoms. The minimum atomic E-state index is -1.08. The van der Waals surface area contributed by atoms with Crippen LogP contribution in [0.25, 0.3) is 0 Å². The lowest BCUT2D eigenvalue weighted by molar-refractivity contribution is -0.139. The number of carbonyl (C=O) groups excluding carboxylic acids is 2. The van der Waals surface area contributed by atoms with E-state index in [1.807, 2.05) is 30.3 Å². The molecule has 6 heteroatoms. The normalized spacial score (nSPS) is 11.4. The molecule has 2 aromatic carbocycles.